The van der Waals surface area contributed by atoms with E-state index in [4.69, 9.17) is 5.73 Å². The van der Waals surface area contributed by atoms with E-state index in [1.807, 2.05) is 6.20 Å². The molecule has 20 heavy (non-hydrogen) atoms. The van der Waals surface area contributed by atoms with Crippen LogP contribution in [0.1, 0.15) is 37.0 Å². The number of hydrogen-bond donors (Lipinski definition) is 1. The Balaban J connectivity index is 0.00000147. The average Bonchev–Trinajstić information content (AvgIpc) is 3.01. The number of nitrogen functional groups attached to an aromatic ring is 1. The van der Waals surface area contributed by atoms with Crippen molar-refractivity contribution >= 4 is 28.9 Å². The second kappa shape index (κ2) is 7.59. The molecule has 1 aromatic rings. The van der Waals surface area contributed by atoms with E-state index in [0.717, 1.165) is 12.6 Å². The smallest absolute Gasteiger partial charge is 0.180 e. The summed E-state index contributed by atoms with van der Waals surface area (Å²) in [6.45, 7) is 6.13. The van der Waals surface area contributed by atoms with Gasteiger partial charge in [-0.25, -0.2) is 4.98 Å². The molecule has 0 aromatic carbocycles. The Morgan fingerprint density at radius 1 is 1.20 bits per heavy atom. The Kier molecular flexibility index (Phi) is 6.08. The van der Waals surface area contributed by atoms with Gasteiger partial charge in [0.25, 0.3) is 0 Å². The number of aromatic nitrogens is 1. The quantitative estimate of drug-likeness (QED) is 0.927. The van der Waals surface area contributed by atoms with E-state index in [2.05, 4.69) is 14.8 Å². The molecule has 0 bridgehead atoms. The third-order valence-electron chi connectivity index (χ3n) is 4.35. The molecule has 2 saturated heterocycles. The fraction of sp³-hybridized carbons (Fsp3) is 0.786. The zero-order chi connectivity index (χ0) is 13.1. The summed E-state index contributed by atoms with van der Waals surface area (Å²) in [6, 6.07) is 0.737. The topological polar surface area (TPSA) is 45.4 Å². The molecular formula is C14H25ClN4S. The molecule has 0 saturated carbocycles. The van der Waals surface area contributed by atoms with Gasteiger partial charge in [-0.05, 0) is 45.3 Å². The molecular weight excluding hydrogens is 292 g/mol. The van der Waals surface area contributed by atoms with Crippen LogP contribution in [0.3, 0.4) is 0 Å². The number of nitrogens with two attached hydrogens (primary N) is 1. The maximum absolute atomic E-state index is 5.72. The molecule has 6 heteroatoms. The fourth-order valence-electron chi connectivity index (χ4n) is 3.35. The molecule has 0 radical (unpaired) electrons. The summed E-state index contributed by atoms with van der Waals surface area (Å²) < 4.78 is 0. The van der Waals surface area contributed by atoms with Crippen LogP contribution in [-0.2, 0) is 6.54 Å². The Hall–Kier alpha value is -0.360. The highest BCUT2D eigenvalue weighted by Gasteiger charge is 2.27. The van der Waals surface area contributed by atoms with Gasteiger partial charge in [0.2, 0.25) is 0 Å². The second-order valence-electron chi connectivity index (χ2n) is 5.79. The van der Waals surface area contributed by atoms with E-state index in [1.165, 1.54) is 63.2 Å². The van der Waals surface area contributed by atoms with Gasteiger partial charge in [0.15, 0.2) is 5.13 Å². The van der Waals surface area contributed by atoms with Crippen molar-refractivity contribution in [3.8, 4) is 0 Å². The number of anilines is 1. The van der Waals surface area contributed by atoms with E-state index < -0.39 is 0 Å². The van der Waals surface area contributed by atoms with Gasteiger partial charge in [-0.1, -0.05) is 6.42 Å². The van der Waals surface area contributed by atoms with E-state index in [0.29, 0.717) is 5.13 Å². The highest BCUT2D eigenvalue weighted by atomic mass is 35.5. The van der Waals surface area contributed by atoms with Gasteiger partial charge in [-0.3, -0.25) is 4.90 Å². The van der Waals surface area contributed by atoms with Crippen molar-refractivity contribution < 1.29 is 0 Å². The van der Waals surface area contributed by atoms with Crippen molar-refractivity contribution in [3.05, 3.63) is 11.1 Å². The number of hydrogen-bond acceptors (Lipinski definition) is 5. The molecule has 114 valence electrons. The summed E-state index contributed by atoms with van der Waals surface area (Å²) in [6.07, 6.45) is 8.83. The number of thiazole rings is 1. The van der Waals surface area contributed by atoms with Gasteiger partial charge in [0.1, 0.15) is 0 Å². The van der Waals surface area contributed by atoms with Crippen molar-refractivity contribution in [2.24, 2.45) is 0 Å². The van der Waals surface area contributed by atoms with Gasteiger partial charge in [-0.2, -0.15) is 0 Å². The summed E-state index contributed by atoms with van der Waals surface area (Å²) in [4.78, 5) is 10.8. The molecule has 0 amide bonds. The van der Waals surface area contributed by atoms with Crippen molar-refractivity contribution in [2.45, 2.75) is 44.7 Å². The minimum Gasteiger partial charge on any atom is -0.375 e. The van der Waals surface area contributed by atoms with Crippen LogP contribution in [0, 0.1) is 0 Å². The van der Waals surface area contributed by atoms with E-state index in [1.54, 1.807) is 11.3 Å². The number of rotatable bonds is 4. The predicted octanol–water partition coefficient (Wildman–Crippen LogP) is 2.60. The van der Waals surface area contributed by atoms with Gasteiger partial charge in [0.05, 0.1) is 0 Å². The molecule has 2 aliphatic rings. The monoisotopic (exact) mass is 316 g/mol. The molecule has 2 fully saturated rings. The highest BCUT2D eigenvalue weighted by Crippen LogP contribution is 2.24. The lowest BCUT2D eigenvalue weighted by Crippen LogP contribution is -2.42. The molecule has 2 N–H and O–H groups in total. The summed E-state index contributed by atoms with van der Waals surface area (Å²) in [5.41, 5.74) is 5.72. The van der Waals surface area contributed by atoms with Crippen LogP contribution in [0.5, 0.6) is 0 Å². The maximum Gasteiger partial charge on any atom is 0.180 e. The molecule has 3 rings (SSSR count). The first-order valence-electron chi connectivity index (χ1n) is 7.48. The standard InChI is InChI=1S/C14H24N4S.ClH/c15-14-16-9-13(19-14)11-18-8-4-5-12(18)10-17-6-2-1-3-7-17;/h9,12H,1-8,10-11H2,(H2,15,16);1H. The summed E-state index contributed by atoms with van der Waals surface area (Å²) in [5.74, 6) is 0. The summed E-state index contributed by atoms with van der Waals surface area (Å²) in [5, 5.41) is 0.696. The minimum atomic E-state index is 0. The van der Waals surface area contributed by atoms with Crippen LogP contribution >= 0.6 is 23.7 Å². The second-order valence-corrected chi connectivity index (χ2v) is 6.94. The Labute approximate surface area is 131 Å². The first-order valence-corrected chi connectivity index (χ1v) is 8.29. The lowest BCUT2D eigenvalue weighted by atomic mass is 10.1. The van der Waals surface area contributed by atoms with Crippen molar-refractivity contribution in [1.82, 2.24) is 14.8 Å². The minimum absolute atomic E-state index is 0. The first-order chi connectivity index (χ1) is 9.31. The molecule has 0 spiro atoms. The molecule has 1 aromatic heterocycles. The average molecular weight is 317 g/mol. The molecule has 1 unspecified atom stereocenters. The van der Waals surface area contributed by atoms with Crippen LogP contribution in [-0.4, -0.2) is 47.0 Å². The van der Waals surface area contributed by atoms with E-state index >= 15 is 0 Å². The molecule has 1 atom stereocenters. The number of halogens is 1. The zero-order valence-corrected chi connectivity index (χ0v) is 13.6. The van der Waals surface area contributed by atoms with E-state index in [-0.39, 0.29) is 12.4 Å². The molecule has 3 heterocycles. The van der Waals surface area contributed by atoms with E-state index in [9.17, 15) is 0 Å². The number of piperidine rings is 1. The molecule has 0 aliphatic carbocycles. The SMILES string of the molecule is Cl.Nc1ncc(CN2CCCC2CN2CCCCC2)s1. The molecule has 2 aliphatic heterocycles. The Morgan fingerprint density at radius 2 is 2.00 bits per heavy atom. The number of nitrogens with zero attached hydrogens (tertiary/aromatic N) is 3. The van der Waals surface area contributed by atoms with Crippen LogP contribution in [0.4, 0.5) is 5.13 Å². The van der Waals surface area contributed by atoms with Gasteiger partial charge in [0, 0.05) is 30.2 Å². The highest BCUT2D eigenvalue weighted by molar-refractivity contribution is 7.15. The molecule has 4 nitrogen and oxygen atoms in total. The largest absolute Gasteiger partial charge is 0.375 e. The normalized spacial score (nSPS) is 24.7. The van der Waals surface area contributed by atoms with Gasteiger partial charge < -0.3 is 10.6 Å². The van der Waals surface area contributed by atoms with Crippen LogP contribution in [0.25, 0.3) is 0 Å². The number of likely N-dealkylation sites (tertiary alicyclic amines) is 2. The van der Waals surface area contributed by atoms with Crippen molar-refractivity contribution in [1.29, 1.82) is 0 Å². The van der Waals surface area contributed by atoms with Gasteiger partial charge >= 0.3 is 0 Å². The lowest BCUT2D eigenvalue weighted by Gasteiger charge is -2.32. The van der Waals surface area contributed by atoms with Crippen molar-refractivity contribution in [3.63, 3.8) is 0 Å². The lowest BCUT2D eigenvalue weighted by molar-refractivity contribution is 0.150. The Bertz CT molecular complexity index is 406. The summed E-state index contributed by atoms with van der Waals surface area (Å²) >= 11 is 1.63. The maximum atomic E-state index is 5.72. The van der Waals surface area contributed by atoms with Crippen LogP contribution < -0.4 is 5.73 Å². The summed E-state index contributed by atoms with van der Waals surface area (Å²) in [7, 11) is 0. The van der Waals surface area contributed by atoms with Crippen LogP contribution in [0.2, 0.25) is 0 Å². The Morgan fingerprint density at radius 3 is 2.70 bits per heavy atom. The third-order valence-corrected chi connectivity index (χ3v) is 5.16. The van der Waals surface area contributed by atoms with Crippen molar-refractivity contribution in [2.75, 3.05) is 31.9 Å². The van der Waals surface area contributed by atoms with Gasteiger partial charge in [-0.15, -0.1) is 23.7 Å². The third kappa shape index (κ3) is 4.07. The zero-order valence-electron chi connectivity index (χ0n) is 12.0. The fourth-order valence-corrected chi connectivity index (χ4v) is 4.06. The first kappa shape index (κ1) is 16.0. The van der Waals surface area contributed by atoms with Crippen LogP contribution in [0.15, 0.2) is 6.20 Å². The predicted molar refractivity (Wildman–Crippen MR) is 87.5 cm³/mol.